The lowest BCUT2D eigenvalue weighted by molar-refractivity contribution is 0.0971. The van der Waals surface area contributed by atoms with Crippen LogP contribution in [-0.4, -0.2) is 19.1 Å². The zero-order valence-electron chi connectivity index (χ0n) is 22.5. The van der Waals surface area contributed by atoms with Gasteiger partial charge in [-0.05, 0) is 73.4 Å². The summed E-state index contributed by atoms with van der Waals surface area (Å²) in [4.78, 5) is 29.2. The van der Waals surface area contributed by atoms with Gasteiger partial charge in [-0.2, -0.15) is 0 Å². The summed E-state index contributed by atoms with van der Waals surface area (Å²) in [5.41, 5.74) is 2.32. The van der Waals surface area contributed by atoms with E-state index >= 15 is 0 Å². The molecular weight excluding hydrogens is 497 g/mol. The molecule has 39 heavy (non-hydrogen) atoms. The molecule has 3 aromatic carbocycles. The van der Waals surface area contributed by atoms with Crippen LogP contribution in [0.1, 0.15) is 73.3 Å². The molecule has 0 bridgehead atoms. The minimum atomic E-state index is -0.794. The van der Waals surface area contributed by atoms with Crippen LogP contribution in [0.2, 0.25) is 0 Å². The number of nitrogens with zero attached hydrogens (tertiary/aromatic N) is 1. The molecule has 0 aliphatic carbocycles. The van der Waals surface area contributed by atoms with Crippen LogP contribution in [0.3, 0.4) is 0 Å². The Morgan fingerprint density at radius 2 is 1.69 bits per heavy atom. The van der Waals surface area contributed by atoms with Gasteiger partial charge in [0, 0.05) is 5.69 Å². The lowest BCUT2D eigenvalue weighted by Crippen LogP contribution is -2.29. The monoisotopic (exact) mass is 529 g/mol. The smallest absolute Gasteiger partial charge is 0.295 e. The first-order valence-corrected chi connectivity index (χ1v) is 13.5. The van der Waals surface area contributed by atoms with E-state index < -0.39 is 23.2 Å². The summed E-state index contributed by atoms with van der Waals surface area (Å²) in [6.45, 7) is 7.07. The fourth-order valence-electron chi connectivity index (χ4n) is 5.04. The molecule has 1 amide bonds. The zero-order valence-corrected chi connectivity index (χ0v) is 22.5. The van der Waals surface area contributed by atoms with Gasteiger partial charge in [-0.1, -0.05) is 44.9 Å². The zero-order chi connectivity index (χ0) is 27.5. The number of anilines is 1. The summed E-state index contributed by atoms with van der Waals surface area (Å²) >= 11 is 0. The maximum Gasteiger partial charge on any atom is 0.295 e. The number of aryl methyl sites for hydroxylation is 1. The normalized spacial score (nSPS) is 14.6. The molecule has 1 aliphatic rings. The average molecular weight is 530 g/mol. The maximum atomic E-state index is 14.1. The molecule has 1 aliphatic heterocycles. The number of benzene rings is 3. The van der Waals surface area contributed by atoms with Crippen LogP contribution >= 0.6 is 0 Å². The Labute approximate surface area is 227 Å². The van der Waals surface area contributed by atoms with Crippen molar-refractivity contribution in [3.63, 3.8) is 0 Å². The number of halogens is 1. The van der Waals surface area contributed by atoms with E-state index in [1.54, 1.807) is 4.90 Å². The van der Waals surface area contributed by atoms with Gasteiger partial charge in [0.25, 0.3) is 5.91 Å². The molecule has 0 spiro atoms. The molecule has 1 unspecified atom stereocenters. The Hall–Kier alpha value is -4.13. The highest BCUT2D eigenvalue weighted by Crippen LogP contribution is 2.43. The third-order valence-electron chi connectivity index (χ3n) is 7.04. The number of fused-ring (bicyclic) bond motifs is 2. The number of amides is 1. The Morgan fingerprint density at radius 1 is 0.897 bits per heavy atom. The van der Waals surface area contributed by atoms with Crippen LogP contribution in [0.5, 0.6) is 11.5 Å². The molecule has 1 aromatic heterocycles. The first-order valence-electron chi connectivity index (χ1n) is 13.5. The molecule has 0 saturated heterocycles. The van der Waals surface area contributed by atoms with E-state index in [9.17, 15) is 14.0 Å². The van der Waals surface area contributed by atoms with Gasteiger partial charge in [0.15, 0.2) is 16.9 Å². The van der Waals surface area contributed by atoms with Crippen molar-refractivity contribution in [3.8, 4) is 11.5 Å². The summed E-state index contributed by atoms with van der Waals surface area (Å²) < 4.78 is 32.0. The summed E-state index contributed by atoms with van der Waals surface area (Å²) in [6, 6.07) is 16.1. The molecule has 7 heteroatoms. The molecule has 5 rings (SSSR count). The van der Waals surface area contributed by atoms with Gasteiger partial charge in [0.2, 0.25) is 5.76 Å². The van der Waals surface area contributed by atoms with Gasteiger partial charge < -0.3 is 13.9 Å². The summed E-state index contributed by atoms with van der Waals surface area (Å²) in [5.74, 6) is 0.116. The summed E-state index contributed by atoms with van der Waals surface area (Å²) in [7, 11) is 0. The van der Waals surface area contributed by atoms with Gasteiger partial charge in [-0.3, -0.25) is 14.5 Å². The molecule has 0 fully saturated rings. The quantitative estimate of drug-likeness (QED) is 0.203. The van der Waals surface area contributed by atoms with Crippen LogP contribution in [-0.2, 0) is 6.42 Å². The molecule has 1 atom stereocenters. The van der Waals surface area contributed by atoms with Gasteiger partial charge in [0.05, 0.1) is 30.2 Å². The second-order valence-electron chi connectivity index (χ2n) is 9.61. The van der Waals surface area contributed by atoms with Gasteiger partial charge in [-0.15, -0.1) is 0 Å². The predicted molar refractivity (Wildman–Crippen MR) is 150 cm³/mol. The van der Waals surface area contributed by atoms with Crippen molar-refractivity contribution in [1.29, 1.82) is 0 Å². The minimum absolute atomic E-state index is 0.0403. The van der Waals surface area contributed by atoms with E-state index in [2.05, 4.69) is 13.8 Å². The second kappa shape index (κ2) is 11.3. The van der Waals surface area contributed by atoms with E-state index in [4.69, 9.17) is 13.9 Å². The van der Waals surface area contributed by atoms with E-state index in [0.717, 1.165) is 37.3 Å². The molecular formula is C32H32FNO5. The summed E-state index contributed by atoms with van der Waals surface area (Å²) in [6.07, 6.45) is 3.94. The highest BCUT2D eigenvalue weighted by atomic mass is 19.1. The minimum Gasteiger partial charge on any atom is -0.490 e. The number of hydrogen-bond donors (Lipinski definition) is 0. The van der Waals surface area contributed by atoms with Crippen molar-refractivity contribution in [3.05, 3.63) is 99.2 Å². The third kappa shape index (κ3) is 5.01. The van der Waals surface area contributed by atoms with E-state index in [1.165, 1.54) is 12.1 Å². The van der Waals surface area contributed by atoms with Crippen molar-refractivity contribution in [2.75, 3.05) is 18.1 Å². The fourth-order valence-corrected chi connectivity index (χ4v) is 5.04. The largest absolute Gasteiger partial charge is 0.490 e. The van der Waals surface area contributed by atoms with Gasteiger partial charge in [0.1, 0.15) is 11.4 Å². The Bertz CT molecular complexity index is 1560. The van der Waals surface area contributed by atoms with Gasteiger partial charge in [-0.25, -0.2) is 4.39 Å². The topological polar surface area (TPSA) is 69.0 Å². The molecule has 6 nitrogen and oxygen atoms in total. The van der Waals surface area contributed by atoms with E-state index in [1.807, 2.05) is 49.4 Å². The number of hydrogen-bond acceptors (Lipinski definition) is 5. The standard InChI is InChI=1S/C32H32FNO5/c1-4-7-8-17-38-26-15-11-21(18-27(26)37-6-3)29-28-30(35)24-19-22(33)12-16-25(24)39-31(28)32(36)34(29)23-13-9-20(5-2)10-14-23/h9-16,18-19,29H,4-8,17H2,1-3H3. The number of carbonyl (C=O) groups is 1. The maximum absolute atomic E-state index is 14.1. The van der Waals surface area contributed by atoms with Gasteiger partial charge >= 0.3 is 0 Å². The first kappa shape index (κ1) is 26.5. The lowest BCUT2D eigenvalue weighted by atomic mass is 9.97. The third-order valence-corrected chi connectivity index (χ3v) is 7.04. The molecule has 0 N–H and O–H groups in total. The second-order valence-corrected chi connectivity index (χ2v) is 9.61. The molecule has 0 radical (unpaired) electrons. The van der Waals surface area contributed by atoms with Crippen molar-refractivity contribution in [2.45, 2.75) is 52.5 Å². The average Bonchev–Trinajstić information content (AvgIpc) is 3.24. The van der Waals surface area contributed by atoms with Crippen molar-refractivity contribution < 1.29 is 23.1 Å². The van der Waals surface area contributed by atoms with Crippen LogP contribution in [0.4, 0.5) is 10.1 Å². The van der Waals surface area contributed by atoms with Crippen molar-refractivity contribution >= 4 is 22.6 Å². The first-order chi connectivity index (χ1) is 19.0. The predicted octanol–water partition coefficient (Wildman–Crippen LogP) is 7.21. The highest BCUT2D eigenvalue weighted by Gasteiger charge is 2.44. The summed E-state index contributed by atoms with van der Waals surface area (Å²) in [5, 5.41) is 0.0932. The number of unbranched alkanes of at least 4 members (excludes halogenated alkanes) is 2. The number of rotatable bonds is 10. The lowest BCUT2D eigenvalue weighted by Gasteiger charge is -2.26. The Balaban J connectivity index is 1.67. The van der Waals surface area contributed by atoms with Crippen LogP contribution < -0.4 is 19.8 Å². The Morgan fingerprint density at radius 3 is 2.41 bits per heavy atom. The van der Waals surface area contributed by atoms with Crippen molar-refractivity contribution in [2.24, 2.45) is 0 Å². The SMILES string of the molecule is CCCCCOc1ccc(C2c3c(oc4ccc(F)cc4c3=O)C(=O)N2c2ccc(CC)cc2)cc1OCC. The Kier molecular flexibility index (Phi) is 7.68. The number of ether oxygens (including phenoxy) is 2. The molecule has 202 valence electrons. The molecule has 2 heterocycles. The fraction of sp³-hybridized carbons (Fsp3) is 0.312. The van der Waals surface area contributed by atoms with E-state index in [0.29, 0.717) is 36.0 Å². The van der Waals surface area contributed by atoms with Crippen LogP contribution in [0.15, 0.2) is 69.9 Å². The molecule has 4 aromatic rings. The van der Waals surface area contributed by atoms with Crippen LogP contribution in [0, 0.1) is 5.82 Å². The number of carbonyl (C=O) groups excluding carboxylic acids is 1. The van der Waals surface area contributed by atoms with E-state index in [-0.39, 0.29) is 22.3 Å². The highest BCUT2D eigenvalue weighted by molar-refractivity contribution is 6.10. The molecule has 0 saturated carbocycles. The van der Waals surface area contributed by atoms with Crippen LogP contribution in [0.25, 0.3) is 11.0 Å². The van der Waals surface area contributed by atoms with Crippen molar-refractivity contribution in [1.82, 2.24) is 0 Å².